The number of ether oxygens (including phenoxy) is 2. The molecule has 1 fully saturated rings. The summed E-state index contributed by atoms with van der Waals surface area (Å²) in [5.41, 5.74) is 7.40. The molecule has 11 nitrogen and oxygen atoms in total. The van der Waals surface area contributed by atoms with E-state index in [0.717, 1.165) is 33.8 Å². The Labute approximate surface area is 226 Å². The minimum atomic E-state index is -0.508. The number of benzene rings is 1. The SMILES string of the molecule is CC(=O)N[C@@H](C)C(=O)N1CCC(CCn2c(Sc3cc4c(cc3Br)OCO4)nc3c(N)ncnc32)CC1. The van der Waals surface area contributed by atoms with E-state index in [-0.39, 0.29) is 18.6 Å². The lowest BCUT2D eigenvalue weighted by Crippen LogP contribution is -2.49. The Hall–Kier alpha value is -3.06. The second-order valence-corrected chi connectivity index (χ2v) is 11.1. The van der Waals surface area contributed by atoms with Gasteiger partial charge in [-0.15, -0.1) is 0 Å². The summed E-state index contributed by atoms with van der Waals surface area (Å²) in [4.78, 5) is 40.1. The largest absolute Gasteiger partial charge is 0.454 e. The zero-order chi connectivity index (χ0) is 26.1. The maximum absolute atomic E-state index is 12.6. The average molecular weight is 591 g/mol. The third kappa shape index (κ3) is 5.47. The fraction of sp³-hybridized carbons (Fsp3) is 0.458. The number of carbonyl (C=O) groups excluding carboxylic acids is 2. The number of hydrogen-bond acceptors (Lipinski definition) is 9. The van der Waals surface area contributed by atoms with E-state index in [1.165, 1.54) is 25.0 Å². The number of aromatic nitrogens is 4. The summed E-state index contributed by atoms with van der Waals surface area (Å²) >= 11 is 5.13. The maximum Gasteiger partial charge on any atom is 0.244 e. The summed E-state index contributed by atoms with van der Waals surface area (Å²) in [7, 11) is 0. The highest BCUT2D eigenvalue weighted by Gasteiger charge is 2.27. The van der Waals surface area contributed by atoms with Gasteiger partial charge in [-0.3, -0.25) is 9.59 Å². The molecule has 5 rings (SSSR count). The highest BCUT2D eigenvalue weighted by atomic mass is 79.9. The molecule has 0 unspecified atom stereocenters. The van der Waals surface area contributed by atoms with Crippen LogP contribution in [0.4, 0.5) is 5.82 Å². The number of halogens is 1. The van der Waals surface area contributed by atoms with Crippen molar-refractivity contribution in [2.24, 2.45) is 5.92 Å². The number of aryl methyl sites for hydroxylation is 1. The van der Waals surface area contributed by atoms with E-state index in [0.29, 0.717) is 54.0 Å². The fourth-order valence-electron chi connectivity index (χ4n) is 4.68. The molecular weight excluding hydrogens is 562 g/mol. The van der Waals surface area contributed by atoms with E-state index in [1.807, 2.05) is 17.0 Å². The molecule has 3 N–H and O–H groups in total. The number of anilines is 1. The number of carbonyl (C=O) groups is 2. The molecule has 2 aromatic heterocycles. The van der Waals surface area contributed by atoms with Crippen molar-refractivity contribution in [3.63, 3.8) is 0 Å². The zero-order valence-electron chi connectivity index (χ0n) is 20.6. The van der Waals surface area contributed by atoms with Crippen LogP contribution in [0.5, 0.6) is 11.5 Å². The summed E-state index contributed by atoms with van der Waals surface area (Å²) in [6.45, 7) is 5.42. The molecule has 37 heavy (non-hydrogen) atoms. The van der Waals surface area contributed by atoms with Crippen molar-refractivity contribution in [3.8, 4) is 11.5 Å². The van der Waals surface area contributed by atoms with Gasteiger partial charge in [0.2, 0.25) is 18.6 Å². The normalized spacial score (nSPS) is 16.2. The molecule has 0 spiro atoms. The van der Waals surface area contributed by atoms with Crippen LogP contribution in [0.1, 0.15) is 33.1 Å². The van der Waals surface area contributed by atoms with Gasteiger partial charge in [0, 0.05) is 35.9 Å². The molecule has 1 aromatic carbocycles. The molecule has 2 amide bonds. The Kier molecular flexibility index (Phi) is 7.43. The van der Waals surface area contributed by atoms with Crippen LogP contribution in [0, 0.1) is 5.92 Å². The number of imidazole rings is 1. The Balaban J connectivity index is 1.30. The van der Waals surface area contributed by atoms with Crippen LogP contribution in [0.15, 0.2) is 33.0 Å². The smallest absolute Gasteiger partial charge is 0.244 e. The van der Waals surface area contributed by atoms with Crippen molar-refractivity contribution in [1.82, 2.24) is 29.7 Å². The van der Waals surface area contributed by atoms with E-state index >= 15 is 0 Å². The molecule has 196 valence electrons. The van der Waals surface area contributed by atoms with Crippen LogP contribution < -0.4 is 20.5 Å². The lowest BCUT2D eigenvalue weighted by Gasteiger charge is -2.33. The number of piperidine rings is 1. The Morgan fingerprint density at radius 2 is 1.97 bits per heavy atom. The number of nitrogens with one attached hydrogen (secondary N) is 1. The van der Waals surface area contributed by atoms with Crippen molar-refractivity contribution in [2.75, 3.05) is 25.6 Å². The topological polar surface area (TPSA) is 137 Å². The third-order valence-electron chi connectivity index (χ3n) is 6.63. The first-order valence-electron chi connectivity index (χ1n) is 12.1. The summed E-state index contributed by atoms with van der Waals surface area (Å²) in [6.07, 6.45) is 4.17. The number of rotatable bonds is 7. The third-order valence-corrected chi connectivity index (χ3v) is 8.60. The van der Waals surface area contributed by atoms with Crippen molar-refractivity contribution in [1.29, 1.82) is 0 Å². The molecule has 2 aliphatic heterocycles. The number of nitrogens with zero attached hydrogens (tertiary/aromatic N) is 5. The lowest BCUT2D eigenvalue weighted by molar-refractivity contribution is -0.136. The van der Waals surface area contributed by atoms with Gasteiger partial charge < -0.3 is 30.0 Å². The van der Waals surface area contributed by atoms with Crippen LogP contribution in [-0.2, 0) is 16.1 Å². The minimum absolute atomic E-state index is 0.0329. The van der Waals surface area contributed by atoms with Gasteiger partial charge in [-0.05, 0) is 60.2 Å². The first-order chi connectivity index (χ1) is 17.8. The number of nitrogens with two attached hydrogens (primary N) is 1. The van der Waals surface area contributed by atoms with Gasteiger partial charge in [-0.1, -0.05) is 11.8 Å². The summed E-state index contributed by atoms with van der Waals surface area (Å²) in [6, 6.07) is 3.32. The monoisotopic (exact) mass is 589 g/mol. The van der Waals surface area contributed by atoms with Crippen LogP contribution in [0.25, 0.3) is 11.2 Å². The van der Waals surface area contributed by atoms with E-state index < -0.39 is 6.04 Å². The second kappa shape index (κ2) is 10.7. The van der Waals surface area contributed by atoms with Gasteiger partial charge in [-0.25, -0.2) is 15.0 Å². The highest BCUT2D eigenvalue weighted by Crippen LogP contribution is 2.43. The summed E-state index contributed by atoms with van der Waals surface area (Å²) in [5.74, 6) is 1.96. The van der Waals surface area contributed by atoms with Crippen LogP contribution in [-0.4, -0.2) is 62.2 Å². The predicted molar refractivity (Wildman–Crippen MR) is 141 cm³/mol. The number of fused-ring (bicyclic) bond motifs is 2. The Morgan fingerprint density at radius 3 is 2.70 bits per heavy atom. The Morgan fingerprint density at radius 1 is 1.24 bits per heavy atom. The molecule has 3 aromatic rings. The Bertz CT molecular complexity index is 1340. The number of amides is 2. The molecule has 0 aliphatic carbocycles. The zero-order valence-corrected chi connectivity index (χ0v) is 23.0. The van der Waals surface area contributed by atoms with E-state index in [1.54, 1.807) is 6.92 Å². The molecule has 1 saturated heterocycles. The van der Waals surface area contributed by atoms with E-state index in [4.69, 9.17) is 20.2 Å². The molecule has 0 radical (unpaired) electrons. The van der Waals surface area contributed by atoms with Gasteiger partial charge in [0.15, 0.2) is 33.6 Å². The maximum atomic E-state index is 12.6. The molecular formula is C24H28BrN7O4S. The molecule has 1 atom stereocenters. The molecule has 4 heterocycles. The van der Waals surface area contributed by atoms with Crippen molar-refractivity contribution < 1.29 is 19.1 Å². The van der Waals surface area contributed by atoms with Crippen LogP contribution >= 0.6 is 27.7 Å². The first kappa shape index (κ1) is 25.6. The van der Waals surface area contributed by atoms with Crippen molar-refractivity contribution >= 4 is 56.5 Å². The molecule has 0 saturated carbocycles. The fourth-order valence-corrected chi connectivity index (χ4v) is 6.19. The van der Waals surface area contributed by atoms with Crippen molar-refractivity contribution in [3.05, 3.63) is 22.9 Å². The van der Waals surface area contributed by atoms with Crippen LogP contribution in [0.3, 0.4) is 0 Å². The van der Waals surface area contributed by atoms with Gasteiger partial charge >= 0.3 is 0 Å². The minimum Gasteiger partial charge on any atom is -0.454 e. The quantitative estimate of drug-likeness (QED) is 0.425. The van der Waals surface area contributed by atoms with Gasteiger partial charge in [0.25, 0.3) is 0 Å². The second-order valence-electron chi connectivity index (χ2n) is 9.19. The van der Waals surface area contributed by atoms with Crippen LogP contribution in [0.2, 0.25) is 0 Å². The van der Waals surface area contributed by atoms with E-state index in [9.17, 15) is 9.59 Å². The predicted octanol–water partition coefficient (Wildman–Crippen LogP) is 3.20. The summed E-state index contributed by atoms with van der Waals surface area (Å²) in [5, 5.41) is 3.44. The highest BCUT2D eigenvalue weighted by molar-refractivity contribution is 9.10. The van der Waals surface area contributed by atoms with Crippen molar-refractivity contribution in [2.45, 2.75) is 55.7 Å². The first-order valence-corrected chi connectivity index (χ1v) is 13.7. The standard InChI is InChI=1S/C24H28BrN7O4S/c1-13(29-14(2)33)23(34)31-6-3-15(4-7-31)5-8-32-22-20(21(26)27-11-28-22)30-24(32)37-19-10-18-17(9-16(19)25)35-12-36-18/h9-11,13,15H,3-8,12H2,1-2H3,(H,29,33)(H2,26,27,28)/t13-/m0/s1. The molecule has 2 aliphatic rings. The number of nitrogen functional groups attached to an aromatic ring is 1. The molecule has 13 heteroatoms. The average Bonchev–Trinajstić information content (AvgIpc) is 3.47. The van der Waals surface area contributed by atoms with Gasteiger partial charge in [0.1, 0.15) is 12.4 Å². The van der Waals surface area contributed by atoms with Gasteiger partial charge in [0.05, 0.1) is 0 Å². The van der Waals surface area contributed by atoms with E-state index in [2.05, 4.69) is 35.8 Å². The molecule has 0 bridgehead atoms. The summed E-state index contributed by atoms with van der Waals surface area (Å²) < 4.78 is 14.0. The lowest BCUT2D eigenvalue weighted by atomic mass is 9.93. The number of likely N-dealkylation sites (tertiary alicyclic amines) is 1. The number of hydrogen-bond donors (Lipinski definition) is 2. The van der Waals surface area contributed by atoms with Gasteiger partial charge in [-0.2, -0.15) is 0 Å².